The highest BCUT2D eigenvalue weighted by atomic mass is 79.9. The maximum absolute atomic E-state index is 12.5. The summed E-state index contributed by atoms with van der Waals surface area (Å²) in [6, 6.07) is 15.2. The Hall–Kier alpha value is -2.14. The van der Waals surface area contributed by atoms with Crippen LogP contribution in [0.5, 0.6) is 0 Å². The van der Waals surface area contributed by atoms with Crippen LogP contribution >= 0.6 is 15.9 Å². The smallest absolute Gasteiger partial charge is 0.222 e. The molecule has 0 aliphatic rings. The molecule has 0 unspecified atom stereocenters. The van der Waals surface area contributed by atoms with E-state index in [1.807, 2.05) is 62.4 Å². The van der Waals surface area contributed by atoms with Gasteiger partial charge in [0.05, 0.1) is 18.5 Å². The van der Waals surface area contributed by atoms with Gasteiger partial charge in [0.15, 0.2) is 0 Å². The molecule has 5 heteroatoms. The van der Waals surface area contributed by atoms with Gasteiger partial charge < -0.3 is 10.6 Å². The Morgan fingerprint density at radius 3 is 2.28 bits per heavy atom. The van der Waals surface area contributed by atoms with Gasteiger partial charge in [-0.15, -0.1) is 0 Å². The number of rotatable bonds is 6. The third-order valence-electron chi connectivity index (χ3n) is 4.00. The first-order valence-corrected chi connectivity index (χ1v) is 9.03. The molecular weight excluding hydrogens is 380 g/mol. The van der Waals surface area contributed by atoms with Crippen LogP contribution in [0.25, 0.3) is 0 Å². The Kier molecular flexibility index (Phi) is 6.76. The number of nitrogens with one attached hydrogen (secondary N) is 2. The average Bonchev–Trinajstić information content (AvgIpc) is 2.54. The Bertz CT molecular complexity index is 744. The maximum Gasteiger partial charge on any atom is 0.222 e. The molecule has 2 amide bonds. The van der Waals surface area contributed by atoms with Gasteiger partial charge in [-0.1, -0.05) is 64.0 Å². The molecule has 0 fully saturated rings. The van der Waals surface area contributed by atoms with Crippen molar-refractivity contribution in [2.24, 2.45) is 0 Å². The second-order valence-electron chi connectivity index (χ2n) is 6.18. The first-order valence-electron chi connectivity index (χ1n) is 8.24. The second-order valence-corrected chi connectivity index (χ2v) is 7.03. The topological polar surface area (TPSA) is 58.2 Å². The molecule has 0 aromatic heterocycles. The van der Waals surface area contributed by atoms with Crippen molar-refractivity contribution in [1.29, 1.82) is 0 Å². The Morgan fingerprint density at radius 2 is 1.68 bits per heavy atom. The average molecular weight is 403 g/mol. The molecule has 0 bridgehead atoms. The minimum absolute atomic E-state index is 0.109. The number of carbonyl (C=O) groups excluding carboxylic acids is 2. The summed E-state index contributed by atoms with van der Waals surface area (Å²) in [5.41, 5.74) is 3.07. The monoisotopic (exact) mass is 402 g/mol. The molecule has 2 aromatic rings. The molecule has 0 spiro atoms. The maximum atomic E-state index is 12.5. The van der Waals surface area contributed by atoms with E-state index in [4.69, 9.17) is 0 Å². The largest absolute Gasteiger partial charge is 0.349 e. The zero-order chi connectivity index (χ0) is 18.4. The van der Waals surface area contributed by atoms with Crippen molar-refractivity contribution in [3.05, 3.63) is 69.7 Å². The predicted octanol–water partition coefficient (Wildman–Crippen LogP) is 4.20. The van der Waals surface area contributed by atoms with E-state index in [0.717, 1.165) is 21.2 Å². The lowest BCUT2D eigenvalue weighted by Crippen LogP contribution is -2.33. The van der Waals surface area contributed by atoms with E-state index in [1.165, 1.54) is 6.92 Å². The zero-order valence-electron chi connectivity index (χ0n) is 14.7. The number of benzene rings is 2. The van der Waals surface area contributed by atoms with Crippen molar-refractivity contribution in [3.8, 4) is 0 Å². The third-order valence-corrected chi connectivity index (χ3v) is 4.72. The molecule has 25 heavy (non-hydrogen) atoms. The highest BCUT2D eigenvalue weighted by Gasteiger charge is 2.19. The molecule has 0 heterocycles. The van der Waals surface area contributed by atoms with E-state index >= 15 is 0 Å². The second kappa shape index (κ2) is 8.81. The molecule has 2 N–H and O–H groups in total. The summed E-state index contributed by atoms with van der Waals surface area (Å²) in [6.07, 6.45) is 0.192. The summed E-state index contributed by atoms with van der Waals surface area (Å²) in [7, 11) is 0. The number of hydrogen-bond donors (Lipinski definition) is 2. The van der Waals surface area contributed by atoms with Gasteiger partial charge in [0.1, 0.15) is 0 Å². The quantitative estimate of drug-likeness (QED) is 0.760. The number of amides is 2. The molecular formula is C20H23BrN2O2. The van der Waals surface area contributed by atoms with Gasteiger partial charge in [-0.25, -0.2) is 0 Å². The van der Waals surface area contributed by atoms with Crippen LogP contribution in [0.3, 0.4) is 0 Å². The van der Waals surface area contributed by atoms with Gasteiger partial charge in [0.2, 0.25) is 11.8 Å². The summed E-state index contributed by atoms with van der Waals surface area (Å²) in [6.45, 7) is 5.41. The molecule has 4 nitrogen and oxygen atoms in total. The van der Waals surface area contributed by atoms with Crippen LogP contribution in [0.1, 0.15) is 49.0 Å². The molecule has 2 rings (SSSR count). The van der Waals surface area contributed by atoms with E-state index in [1.54, 1.807) is 0 Å². The Morgan fingerprint density at radius 1 is 1.04 bits per heavy atom. The van der Waals surface area contributed by atoms with Crippen molar-refractivity contribution in [2.45, 2.75) is 39.3 Å². The minimum atomic E-state index is -0.343. The summed E-state index contributed by atoms with van der Waals surface area (Å²) in [5.74, 6) is -0.264. The van der Waals surface area contributed by atoms with Crippen LogP contribution in [0.2, 0.25) is 0 Å². The SMILES string of the molecule is CC(=O)N[C@H](CC(=O)N[C@H](C)c1ccccc1Br)c1ccc(C)cc1. The van der Waals surface area contributed by atoms with Crippen molar-refractivity contribution in [2.75, 3.05) is 0 Å². The fourth-order valence-electron chi connectivity index (χ4n) is 2.69. The minimum Gasteiger partial charge on any atom is -0.349 e. The molecule has 0 aliphatic heterocycles. The number of carbonyl (C=O) groups is 2. The first kappa shape index (κ1) is 19.2. The van der Waals surface area contributed by atoms with E-state index in [-0.39, 0.29) is 30.3 Å². The fourth-order valence-corrected chi connectivity index (χ4v) is 3.31. The Balaban J connectivity index is 2.07. The van der Waals surface area contributed by atoms with Crippen molar-refractivity contribution < 1.29 is 9.59 Å². The van der Waals surface area contributed by atoms with Gasteiger partial charge in [-0.3, -0.25) is 9.59 Å². The van der Waals surface area contributed by atoms with Crippen LogP contribution in [0.4, 0.5) is 0 Å². The van der Waals surface area contributed by atoms with Gasteiger partial charge in [0.25, 0.3) is 0 Å². The lowest BCUT2D eigenvalue weighted by atomic mass is 10.0. The van der Waals surface area contributed by atoms with Gasteiger partial charge >= 0.3 is 0 Å². The molecule has 0 saturated carbocycles. The standard InChI is InChI=1S/C20H23BrN2O2/c1-13-8-10-16(11-9-13)19(23-15(3)24)12-20(25)22-14(2)17-6-4-5-7-18(17)21/h4-11,14,19H,12H2,1-3H3,(H,22,25)(H,23,24)/t14-,19-/m1/s1. The van der Waals surface area contributed by atoms with Crippen molar-refractivity contribution in [3.63, 3.8) is 0 Å². The van der Waals surface area contributed by atoms with Crippen molar-refractivity contribution in [1.82, 2.24) is 10.6 Å². The lowest BCUT2D eigenvalue weighted by Gasteiger charge is -2.21. The van der Waals surface area contributed by atoms with E-state index in [2.05, 4.69) is 26.6 Å². The number of halogens is 1. The van der Waals surface area contributed by atoms with Gasteiger partial charge in [0, 0.05) is 11.4 Å². The number of hydrogen-bond acceptors (Lipinski definition) is 2. The third kappa shape index (κ3) is 5.71. The normalized spacial score (nSPS) is 13.0. The predicted molar refractivity (Wildman–Crippen MR) is 103 cm³/mol. The summed E-state index contributed by atoms with van der Waals surface area (Å²) >= 11 is 3.51. The van der Waals surface area contributed by atoms with E-state index in [0.29, 0.717) is 0 Å². The van der Waals surface area contributed by atoms with Crippen LogP contribution in [-0.2, 0) is 9.59 Å². The summed E-state index contributed by atoms with van der Waals surface area (Å²) in [4.78, 5) is 24.0. The van der Waals surface area contributed by atoms with Crippen LogP contribution in [-0.4, -0.2) is 11.8 Å². The highest BCUT2D eigenvalue weighted by Crippen LogP contribution is 2.23. The molecule has 0 radical (unpaired) electrons. The van der Waals surface area contributed by atoms with Gasteiger partial charge in [-0.2, -0.15) is 0 Å². The molecule has 0 aliphatic carbocycles. The van der Waals surface area contributed by atoms with E-state index < -0.39 is 0 Å². The van der Waals surface area contributed by atoms with Crippen LogP contribution in [0.15, 0.2) is 53.0 Å². The highest BCUT2D eigenvalue weighted by molar-refractivity contribution is 9.10. The number of aryl methyl sites for hydroxylation is 1. The first-order chi connectivity index (χ1) is 11.9. The Labute approximate surface area is 157 Å². The van der Waals surface area contributed by atoms with Crippen molar-refractivity contribution >= 4 is 27.7 Å². The molecule has 0 saturated heterocycles. The van der Waals surface area contributed by atoms with Crippen LogP contribution in [0, 0.1) is 6.92 Å². The molecule has 2 aromatic carbocycles. The van der Waals surface area contributed by atoms with Gasteiger partial charge in [-0.05, 0) is 31.0 Å². The lowest BCUT2D eigenvalue weighted by molar-refractivity contribution is -0.123. The summed E-state index contributed by atoms with van der Waals surface area (Å²) < 4.78 is 0.958. The fraction of sp³-hybridized carbons (Fsp3) is 0.300. The van der Waals surface area contributed by atoms with E-state index in [9.17, 15) is 9.59 Å². The molecule has 2 atom stereocenters. The zero-order valence-corrected chi connectivity index (χ0v) is 16.3. The van der Waals surface area contributed by atoms with Crippen LogP contribution < -0.4 is 10.6 Å². The summed E-state index contributed by atoms with van der Waals surface area (Å²) in [5, 5.41) is 5.86. The molecule has 132 valence electrons.